The quantitative estimate of drug-likeness (QED) is 0.448. The number of benzene rings is 2. The Balaban J connectivity index is 1.57. The fourth-order valence-electron chi connectivity index (χ4n) is 2.15. The Morgan fingerprint density at radius 3 is 2.61 bits per heavy atom. The molecule has 146 valence electrons. The molecule has 0 radical (unpaired) electrons. The Labute approximate surface area is 170 Å². The van der Waals surface area contributed by atoms with Crippen LogP contribution < -0.4 is 15.9 Å². The summed E-state index contributed by atoms with van der Waals surface area (Å²) in [5.41, 5.74) is 0.643. The van der Waals surface area contributed by atoms with Crippen molar-refractivity contribution in [1.82, 2.24) is 14.9 Å². The highest BCUT2D eigenvalue weighted by Crippen LogP contribution is 2.23. The SMILES string of the molecule is CC(Sc1nnc(COc2ccc(F)cc2)n1N)C(=O)Nc1ccc(Cl)cc1. The number of carbonyl (C=O) groups is 1. The van der Waals surface area contributed by atoms with E-state index in [2.05, 4.69) is 15.5 Å². The topological polar surface area (TPSA) is 95.1 Å². The lowest BCUT2D eigenvalue weighted by atomic mass is 10.3. The molecule has 1 unspecified atom stereocenters. The van der Waals surface area contributed by atoms with E-state index in [0.29, 0.717) is 27.4 Å². The largest absolute Gasteiger partial charge is 0.486 e. The maximum atomic E-state index is 12.9. The summed E-state index contributed by atoms with van der Waals surface area (Å²) in [6, 6.07) is 12.4. The molecule has 0 saturated heterocycles. The van der Waals surface area contributed by atoms with Crippen LogP contribution in [0.25, 0.3) is 0 Å². The van der Waals surface area contributed by atoms with Crippen LogP contribution in [0.15, 0.2) is 53.7 Å². The van der Waals surface area contributed by atoms with Crippen LogP contribution in [-0.2, 0) is 11.4 Å². The lowest BCUT2D eigenvalue weighted by molar-refractivity contribution is -0.115. The van der Waals surface area contributed by atoms with Gasteiger partial charge in [-0.1, -0.05) is 23.4 Å². The number of nitrogens with two attached hydrogens (primary N) is 1. The average molecular weight is 422 g/mol. The third-order valence-electron chi connectivity index (χ3n) is 3.68. The fourth-order valence-corrected chi connectivity index (χ4v) is 3.07. The van der Waals surface area contributed by atoms with E-state index in [4.69, 9.17) is 22.2 Å². The first kappa shape index (κ1) is 20.0. The van der Waals surface area contributed by atoms with Crippen LogP contribution in [0.5, 0.6) is 5.75 Å². The van der Waals surface area contributed by atoms with Crippen molar-refractivity contribution in [3.8, 4) is 5.75 Å². The molecule has 10 heteroatoms. The van der Waals surface area contributed by atoms with E-state index in [-0.39, 0.29) is 18.3 Å². The molecular weight excluding hydrogens is 405 g/mol. The first-order chi connectivity index (χ1) is 13.4. The van der Waals surface area contributed by atoms with E-state index in [1.54, 1.807) is 31.2 Å². The van der Waals surface area contributed by atoms with E-state index in [1.807, 2.05) is 0 Å². The molecule has 3 N–H and O–H groups in total. The standard InChI is InChI=1S/C18H17ClFN5O2S/c1-11(17(26)22-14-6-2-12(19)3-7-14)28-18-24-23-16(25(18)21)10-27-15-8-4-13(20)5-9-15/h2-9,11H,10,21H2,1H3,(H,22,26). The number of aromatic nitrogens is 3. The minimum atomic E-state index is -0.465. The van der Waals surface area contributed by atoms with Gasteiger partial charge in [0.2, 0.25) is 11.1 Å². The molecule has 0 aliphatic heterocycles. The third-order valence-corrected chi connectivity index (χ3v) is 4.99. The fraction of sp³-hybridized carbons (Fsp3) is 0.167. The second-order valence-corrected chi connectivity index (χ2v) is 7.51. The normalized spacial score (nSPS) is 11.8. The zero-order chi connectivity index (χ0) is 20.1. The zero-order valence-corrected chi connectivity index (χ0v) is 16.4. The second-order valence-electron chi connectivity index (χ2n) is 5.77. The predicted molar refractivity (Wildman–Crippen MR) is 106 cm³/mol. The number of thioether (sulfide) groups is 1. The molecule has 3 aromatic rings. The van der Waals surface area contributed by atoms with Gasteiger partial charge in [-0.2, -0.15) is 0 Å². The molecule has 1 aromatic heterocycles. The van der Waals surface area contributed by atoms with Gasteiger partial charge in [0.25, 0.3) is 0 Å². The average Bonchev–Trinajstić information content (AvgIpc) is 3.03. The summed E-state index contributed by atoms with van der Waals surface area (Å²) in [4.78, 5) is 12.3. The van der Waals surface area contributed by atoms with Crippen LogP contribution in [0.1, 0.15) is 12.7 Å². The van der Waals surface area contributed by atoms with Gasteiger partial charge >= 0.3 is 0 Å². The van der Waals surface area contributed by atoms with Crippen molar-refractivity contribution < 1.29 is 13.9 Å². The Hall–Kier alpha value is -2.78. The van der Waals surface area contributed by atoms with E-state index in [1.165, 1.54) is 40.7 Å². The van der Waals surface area contributed by atoms with Gasteiger partial charge in [-0.3, -0.25) is 4.79 Å². The molecule has 0 fully saturated rings. The van der Waals surface area contributed by atoms with Crippen LogP contribution in [0.2, 0.25) is 5.02 Å². The molecule has 3 rings (SSSR count). The number of hydrogen-bond acceptors (Lipinski definition) is 6. The molecule has 0 bridgehead atoms. The summed E-state index contributed by atoms with van der Waals surface area (Å²) < 4.78 is 19.7. The maximum absolute atomic E-state index is 12.9. The summed E-state index contributed by atoms with van der Waals surface area (Å²) in [6.45, 7) is 1.79. The molecule has 2 aromatic carbocycles. The Morgan fingerprint density at radius 1 is 1.25 bits per heavy atom. The van der Waals surface area contributed by atoms with Crippen LogP contribution in [0, 0.1) is 5.82 Å². The zero-order valence-electron chi connectivity index (χ0n) is 14.8. The number of nitrogens with zero attached hydrogens (tertiary/aromatic N) is 3. The predicted octanol–water partition coefficient (Wildman–Crippen LogP) is 3.48. The highest BCUT2D eigenvalue weighted by molar-refractivity contribution is 8.00. The van der Waals surface area contributed by atoms with Crippen molar-refractivity contribution in [1.29, 1.82) is 0 Å². The number of halogens is 2. The van der Waals surface area contributed by atoms with Crippen molar-refractivity contribution in [3.05, 3.63) is 65.2 Å². The lowest BCUT2D eigenvalue weighted by Crippen LogP contribution is -2.24. The molecule has 1 heterocycles. The van der Waals surface area contributed by atoms with Gasteiger partial charge in [-0.25, -0.2) is 9.07 Å². The van der Waals surface area contributed by atoms with Crippen molar-refractivity contribution in [3.63, 3.8) is 0 Å². The number of nitrogens with one attached hydrogen (secondary N) is 1. The summed E-state index contributed by atoms with van der Waals surface area (Å²) in [6.07, 6.45) is 0. The molecule has 7 nitrogen and oxygen atoms in total. The molecule has 0 saturated carbocycles. The second kappa shape index (κ2) is 8.94. The molecule has 1 atom stereocenters. The third kappa shape index (κ3) is 5.14. The van der Waals surface area contributed by atoms with Crippen LogP contribution in [0.3, 0.4) is 0 Å². The number of anilines is 1. The van der Waals surface area contributed by atoms with Gasteiger partial charge in [-0.15, -0.1) is 10.2 Å². The van der Waals surface area contributed by atoms with Gasteiger partial charge in [0.05, 0.1) is 5.25 Å². The van der Waals surface area contributed by atoms with Gasteiger partial charge in [0.15, 0.2) is 5.82 Å². The Kier molecular flexibility index (Phi) is 6.37. The molecule has 0 aliphatic carbocycles. The summed E-state index contributed by atoms with van der Waals surface area (Å²) in [5.74, 6) is 6.29. The molecule has 0 aliphatic rings. The number of amides is 1. The first-order valence-electron chi connectivity index (χ1n) is 8.23. The number of nitrogen functional groups attached to an aromatic ring is 1. The van der Waals surface area contributed by atoms with E-state index < -0.39 is 5.25 Å². The molecule has 1 amide bonds. The maximum Gasteiger partial charge on any atom is 0.237 e. The van der Waals surface area contributed by atoms with Gasteiger partial charge in [-0.05, 0) is 55.5 Å². The highest BCUT2D eigenvalue weighted by atomic mass is 35.5. The lowest BCUT2D eigenvalue weighted by Gasteiger charge is -2.11. The monoisotopic (exact) mass is 421 g/mol. The van der Waals surface area contributed by atoms with Gasteiger partial charge in [0, 0.05) is 10.7 Å². The van der Waals surface area contributed by atoms with Crippen molar-refractivity contribution in [2.45, 2.75) is 23.9 Å². The summed E-state index contributed by atoms with van der Waals surface area (Å²) >= 11 is 7.00. The van der Waals surface area contributed by atoms with E-state index >= 15 is 0 Å². The number of ether oxygens (including phenoxy) is 1. The van der Waals surface area contributed by atoms with E-state index in [0.717, 1.165) is 0 Å². The molecular formula is C18H17ClFN5O2S. The minimum absolute atomic E-state index is 0.0566. The highest BCUT2D eigenvalue weighted by Gasteiger charge is 2.19. The number of carbonyl (C=O) groups excluding carboxylic acids is 1. The first-order valence-corrected chi connectivity index (χ1v) is 9.49. The summed E-state index contributed by atoms with van der Waals surface area (Å²) in [5, 5.41) is 11.3. The van der Waals surface area contributed by atoms with E-state index in [9.17, 15) is 9.18 Å². The Morgan fingerprint density at radius 2 is 1.93 bits per heavy atom. The Bertz CT molecular complexity index is 950. The molecule has 28 heavy (non-hydrogen) atoms. The van der Waals surface area contributed by atoms with Crippen molar-refractivity contribution in [2.24, 2.45) is 0 Å². The minimum Gasteiger partial charge on any atom is -0.486 e. The smallest absolute Gasteiger partial charge is 0.237 e. The van der Waals surface area contributed by atoms with Crippen LogP contribution in [0.4, 0.5) is 10.1 Å². The number of rotatable bonds is 7. The van der Waals surface area contributed by atoms with Gasteiger partial charge in [0.1, 0.15) is 18.2 Å². The molecule has 0 spiro atoms. The summed E-state index contributed by atoms with van der Waals surface area (Å²) in [7, 11) is 0. The number of hydrogen-bond donors (Lipinski definition) is 2. The van der Waals surface area contributed by atoms with Gasteiger partial charge < -0.3 is 15.9 Å². The van der Waals surface area contributed by atoms with Crippen LogP contribution in [-0.4, -0.2) is 26.0 Å². The van der Waals surface area contributed by atoms with Crippen molar-refractivity contribution >= 4 is 35.0 Å². The van der Waals surface area contributed by atoms with Crippen molar-refractivity contribution in [2.75, 3.05) is 11.2 Å². The van der Waals surface area contributed by atoms with Crippen LogP contribution >= 0.6 is 23.4 Å².